The van der Waals surface area contributed by atoms with Gasteiger partial charge in [-0.2, -0.15) is 13.2 Å². The van der Waals surface area contributed by atoms with Crippen LogP contribution < -0.4 is 4.90 Å². The van der Waals surface area contributed by atoms with Crippen LogP contribution in [0.5, 0.6) is 0 Å². The molecule has 4 nitrogen and oxygen atoms in total. The van der Waals surface area contributed by atoms with E-state index in [0.717, 1.165) is 27.8 Å². The molecular weight excluding hydrogens is 393 g/mol. The lowest BCUT2D eigenvalue weighted by Crippen LogP contribution is -2.36. The third kappa shape index (κ3) is 4.56. The van der Waals surface area contributed by atoms with Gasteiger partial charge in [0.1, 0.15) is 5.82 Å². The summed E-state index contributed by atoms with van der Waals surface area (Å²) in [6.07, 6.45) is -3.98. The van der Waals surface area contributed by atoms with Gasteiger partial charge in [-0.05, 0) is 53.8 Å². The molecule has 2 heterocycles. The molecule has 3 aromatic rings. The van der Waals surface area contributed by atoms with Crippen LogP contribution in [-0.2, 0) is 11.2 Å². The number of benzene rings is 2. The van der Waals surface area contributed by atoms with Gasteiger partial charge in [0.15, 0.2) is 0 Å². The second-order valence-electron chi connectivity index (χ2n) is 7.67. The number of anilines is 1. The Morgan fingerprint density at radius 1 is 1.03 bits per heavy atom. The average Bonchev–Trinajstić information content (AvgIpc) is 2.72. The number of halogens is 3. The molecule has 1 aliphatic heterocycles. The number of hydrogen-bond acceptors (Lipinski definition) is 3. The molecule has 1 aliphatic rings. The first-order valence-electron chi connectivity index (χ1n) is 9.83. The second-order valence-corrected chi connectivity index (χ2v) is 7.67. The van der Waals surface area contributed by atoms with E-state index in [2.05, 4.69) is 4.90 Å². The van der Waals surface area contributed by atoms with Gasteiger partial charge >= 0.3 is 12.1 Å². The molecule has 0 aliphatic carbocycles. The number of fused-ring (bicyclic) bond motifs is 1. The Morgan fingerprint density at radius 2 is 1.77 bits per heavy atom. The Hall–Kier alpha value is -3.09. The fourth-order valence-electron chi connectivity index (χ4n) is 3.92. The molecule has 2 aromatic carbocycles. The molecule has 1 saturated heterocycles. The van der Waals surface area contributed by atoms with Crippen LogP contribution in [0.3, 0.4) is 0 Å². The predicted octanol–water partition coefficient (Wildman–Crippen LogP) is 5.31. The minimum atomic E-state index is -4.23. The SMILES string of the molecule is O=C(O)C1CCN(c2ccc3cc(-c4cccc(CC(F)(F)F)c4)ccc3n2)CC1. The van der Waals surface area contributed by atoms with E-state index in [1.165, 1.54) is 6.07 Å². The Balaban J connectivity index is 1.55. The highest BCUT2D eigenvalue weighted by Gasteiger charge is 2.27. The van der Waals surface area contributed by atoms with Crippen molar-refractivity contribution in [2.24, 2.45) is 5.92 Å². The molecule has 1 aromatic heterocycles. The molecule has 7 heteroatoms. The minimum Gasteiger partial charge on any atom is -0.481 e. The standard InChI is InChI=1S/C23H21F3N2O2/c24-23(25,26)14-15-2-1-3-17(12-15)18-4-6-20-19(13-18)5-7-21(27-20)28-10-8-16(9-11-28)22(29)30/h1-7,12-13,16H,8-11,14H2,(H,29,30). The summed E-state index contributed by atoms with van der Waals surface area (Å²) in [6, 6.07) is 16.0. The Morgan fingerprint density at radius 3 is 2.47 bits per heavy atom. The van der Waals surface area contributed by atoms with E-state index < -0.39 is 18.6 Å². The predicted molar refractivity (Wildman–Crippen MR) is 110 cm³/mol. The molecule has 0 saturated carbocycles. The monoisotopic (exact) mass is 414 g/mol. The normalized spacial score (nSPS) is 15.5. The number of aliphatic carboxylic acids is 1. The first kappa shape index (κ1) is 20.2. The van der Waals surface area contributed by atoms with Gasteiger partial charge in [-0.3, -0.25) is 4.79 Å². The van der Waals surface area contributed by atoms with Crippen LogP contribution in [0, 0.1) is 5.92 Å². The first-order chi connectivity index (χ1) is 14.3. The van der Waals surface area contributed by atoms with Gasteiger partial charge in [-0.15, -0.1) is 0 Å². The van der Waals surface area contributed by atoms with E-state index in [-0.39, 0.29) is 11.5 Å². The van der Waals surface area contributed by atoms with Crippen LogP contribution in [0.4, 0.5) is 19.0 Å². The number of aromatic nitrogens is 1. The summed E-state index contributed by atoms with van der Waals surface area (Å²) in [6.45, 7) is 1.30. The van der Waals surface area contributed by atoms with Gasteiger partial charge in [0, 0.05) is 18.5 Å². The maximum atomic E-state index is 12.7. The zero-order chi connectivity index (χ0) is 21.3. The molecule has 0 atom stereocenters. The van der Waals surface area contributed by atoms with E-state index in [9.17, 15) is 18.0 Å². The lowest BCUT2D eigenvalue weighted by molar-refractivity contribution is -0.142. The molecule has 0 spiro atoms. The van der Waals surface area contributed by atoms with Crippen LogP contribution in [0.25, 0.3) is 22.0 Å². The topological polar surface area (TPSA) is 53.4 Å². The van der Waals surface area contributed by atoms with Crippen LogP contribution >= 0.6 is 0 Å². The van der Waals surface area contributed by atoms with E-state index >= 15 is 0 Å². The van der Waals surface area contributed by atoms with E-state index in [1.807, 2.05) is 30.3 Å². The second kappa shape index (κ2) is 7.97. The number of hydrogen-bond donors (Lipinski definition) is 1. The molecule has 0 unspecified atom stereocenters. The Labute approximate surface area is 172 Å². The van der Waals surface area contributed by atoms with Gasteiger partial charge in [0.2, 0.25) is 0 Å². The number of rotatable bonds is 4. The van der Waals surface area contributed by atoms with Crippen LogP contribution in [0.15, 0.2) is 54.6 Å². The van der Waals surface area contributed by atoms with Crippen molar-refractivity contribution in [2.75, 3.05) is 18.0 Å². The summed E-state index contributed by atoms with van der Waals surface area (Å²) in [4.78, 5) is 17.9. The van der Waals surface area contributed by atoms with Crippen molar-refractivity contribution < 1.29 is 23.1 Å². The largest absolute Gasteiger partial charge is 0.481 e. The van der Waals surface area contributed by atoms with Crippen molar-refractivity contribution in [3.05, 3.63) is 60.2 Å². The quantitative estimate of drug-likeness (QED) is 0.629. The summed E-state index contributed by atoms with van der Waals surface area (Å²) in [7, 11) is 0. The van der Waals surface area contributed by atoms with E-state index in [0.29, 0.717) is 25.9 Å². The average molecular weight is 414 g/mol. The highest BCUT2D eigenvalue weighted by Crippen LogP contribution is 2.29. The van der Waals surface area contributed by atoms with Crippen LogP contribution in [0.1, 0.15) is 18.4 Å². The van der Waals surface area contributed by atoms with Crippen molar-refractivity contribution in [1.29, 1.82) is 0 Å². The van der Waals surface area contributed by atoms with E-state index in [1.54, 1.807) is 18.2 Å². The Bertz CT molecular complexity index is 1070. The number of carboxylic acid groups (broad SMARTS) is 1. The Kier molecular flexibility index (Phi) is 5.37. The third-order valence-electron chi connectivity index (χ3n) is 5.51. The number of alkyl halides is 3. The molecule has 0 amide bonds. The summed E-state index contributed by atoms with van der Waals surface area (Å²) >= 11 is 0. The maximum absolute atomic E-state index is 12.7. The minimum absolute atomic E-state index is 0.235. The van der Waals surface area contributed by atoms with Crippen molar-refractivity contribution in [3.8, 4) is 11.1 Å². The lowest BCUT2D eigenvalue weighted by atomic mass is 9.97. The van der Waals surface area contributed by atoms with Gasteiger partial charge in [-0.1, -0.05) is 30.3 Å². The summed E-state index contributed by atoms with van der Waals surface area (Å²) in [5.74, 6) is -0.225. The van der Waals surface area contributed by atoms with Crippen molar-refractivity contribution in [1.82, 2.24) is 4.98 Å². The van der Waals surface area contributed by atoms with Crippen molar-refractivity contribution in [3.63, 3.8) is 0 Å². The fourth-order valence-corrected chi connectivity index (χ4v) is 3.92. The van der Waals surface area contributed by atoms with Gasteiger partial charge in [-0.25, -0.2) is 4.98 Å². The molecule has 1 fully saturated rings. The number of carboxylic acids is 1. The van der Waals surface area contributed by atoms with Gasteiger partial charge in [0.05, 0.1) is 17.9 Å². The van der Waals surface area contributed by atoms with E-state index in [4.69, 9.17) is 10.1 Å². The van der Waals surface area contributed by atoms with Crippen molar-refractivity contribution >= 4 is 22.7 Å². The molecular formula is C23H21F3N2O2. The number of piperidine rings is 1. The molecule has 156 valence electrons. The first-order valence-corrected chi connectivity index (χ1v) is 9.83. The summed E-state index contributed by atoms with van der Waals surface area (Å²) in [5.41, 5.74) is 2.60. The third-order valence-corrected chi connectivity index (χ3v) is 5.51. The highest BCUT2D eigenvalue weighted by atomic mass is 19.4. The number of pyridine rings is 1. The molecule has 0 bridgehead atoms. The molecule has 4 rings (SSSR count). The zero-order valence-corrected chi connectivity index (χ0v) is 16.2. The van der Waals surface area contributed by atoms with Crippen molar-refractivity contribution in [2.45, 2.75) is 25.4 Å². The summed E-state index contributed by atoms with van der Waals surface area (Å²) < 4.78 is 38.1. The van der Waals surface area contributed by atoms with Crippen LogP contribution in [-0.4, -0.2) is 35.3 Å². The zero-order valence-electron chi connectivity index (χ0n) is 16.2. The molecule has 0 radical (unpaired) electrons. The van der Waals surface area contributed by atoms with Gasteiger partial charge < -0.3 is 10.0 Å². The number of carbonyl (C=O) groups is 1. The fraction of sp³-hybridized carbons (Fsp3) is 0.304. The van der Waals surface area contributed by atoms with Gasteiger partial charge in [0.25, 0.3) is 0 Å². The smallest absolute Gasteiger partial charge is 0.393 e. The highest BCUT2D eigenvalue weighted by molar-refractivity contribution is 5.85. The summed E-state index contributed by atoms with van der Waals surface area (Å²) in [5, 5.41) is 10.0. The maximum Gasteiger partial charge on any atom is 0.393 e. The lowest BCUT2D eigenvalue weighted by Gasteiger charge is -2.31. The molecule has 1 N–H and O–H groups in total. The molecule has 30 heavy (non-hydrogen) atoms. The van der Waals surface area contributed by atoms with Crippen LogP contribution in [0.2, 0.25) is 0 Å². The number of nitrogens with zero attached hydrogens (tertiary/aromatic N) is 2.